The van der Waals surface area contributed by atoms with Crippen LogP contribution in [-0.2, 0) is 25.8 Å². The standard InChI is InChI=1S/C25H25FN4O3S/c1-34(33)19-11-17(27)8-9-18(19)28-24(29-34)21-23(31)20-14-4-5-15(10-14)22(20)30(25(21)32)12-13-2-6-16(26)7-3-13/h2-3,6-9,11,14-15,20-22H,1,4-5,10,12,27H2,(H,28,29,33)/t14-,15+,20+,21?,22-,34?/m0/s1. The van der Waals surface area contributed by atoms with Crippen LogP contribution in [0.1, 0.15) is 24.8 Å². The lowest BCUT2D eigenvalue weighted by Gasteiger charge is -2.46. The zero-order chi connectivity index (χ0) is 23.8. The van der Waals surface area contributed by atoms with Crippen LogP contribution in [-0.4, -0.2) is 38.5 Å². The van der Waals surface area contributed by atoms with Crippen molar-refractivity contribution in [2.45, 2.75) is 36.7 Å². The monoisotopic (exact) mass is 480 g/mol. The van der Waals surface area contributed by atoms with E-state index in [1.807, 2.05) is 0 Å². The summed E-state index contributed by atoms with van der Waals surface area (Å²) < 4.78 is 31.1. The van der Waals surface area contributed by atoms with Gasteiger partial charge >= 0.3 is 0 Å². The van der Waals surface area contributed by atoms with Crippen LogP contribution in [0.4, 0.5) is 15.8 Å². The molecular formula is C25H25FN4O3S. The van der Waals surface area contributed by atoms with Crippen LogP contribution < -0.4 is 11.1 Å². The minimum Gasteiger partial charge on any atom is -0.399 e. The first-order valence-corrected chi connectivity index (χ1v) is 13.1. The molecule has 176 valence electrons. The summed E-state index contributed by atoms with van der Waals surface area (Å²) in [5, 5.41) is 3.08. The molecule has 3 fully saturated rings. The first kappa shape index (κ1) is 21.3. The van der Waals surface area contributed by atoms with Crippen molar-refractivity contribution in [3.63, 3.8) is 0 Å². The van der Waals surface area contributed by atoms with Gasteiger partial charge in [0.25, 0.3) is 0 Å². The maximum atomic E-state index is 13.9. The van der Waals surface area contributed by atoms with Crippen molar-refractivity contribution in [3.8, 4) is 0 Å². The molecule has 6 rings (SSSR count). The van der Waals surface area contributed by atoms with Gasteiger partial charge in [-0.3, -0.25) is 9.59 Å². The molecule has 2 aliphatic carbocycles. The molecule has 2 unspecified atom stereocenters. The van der Waals surface area contributed by atoms with Gasteiger partial charge in [0, 0.05) is 24.2 Å². The van der Waals surface area contributed by atoms with E-state index in [4.69, 9.17) is 5.73 Å². The second kappa shape index (κ2) is 7.40. The molecule has 9 heteroatoms. The highest BCUT2D eigenvalue weighted by Gasteiger charge is 2.60. The third-order valence-electron chi connectivity index (χ3n) is 7.77. The van der Waals surface area contributed by atoms with Gasteiger partial charge in [-0.05, 0) is 72.9 Å². The summed E-state index contributed by atoms with van der Waals surface area (Å²) in [6, 6.07) is 10.8. The molecule has 0 radical (unpaired) electrons. The van der Waals surface area contributed by atoms with Crippen molar-refractivity contribution in [1.29, 1.82) is 0 Å². The Labute approximate surface area is 197 Å². The van der Waals surface area contributed by atoms with Crippen molar-refractivity contribution in [2.75, 3.05) is 11.1 Å². The van der Waals surface area contributed by atoms with Gasteiger partial charge in [-0.1, -0.05) is 12.1 Å². The van der Waals surface area contributed by atoms with Gasteiger partial charge in [-0.25, -0.2) is 8.60 Å². The van der Waals surface area contributed by atoms with Crippen LogP contribution in [0.5, 0.6) is 0 Å². The zero-order valence-electron chi connectivity index (χ0n) is 18.4. The average molecular weight is 481 g/mol. The highest BCUT2D eigenvalue weighted by molar-refractivity contribution is 7.99. The van der Waals surface area contributed by atoms with Crippen LogP contribution in [0.2, 0.25) is 0 Å². The smallest absolute Gasteiger partial charge is 0.241 e. The van der Waals surface area contributed by atoms with Crippen LogP contribution in [0, 0.1) is 29.5 Å². The van der Waals surface area contributed by atoms with Crippen LogP contribution in [0.15, 0.2) is 51.8 Å². The number of hydrogen-bond acceptors (Lipinski definition) is 5. The molecule has 4 aliphatic rings. The van der Waals surface area contributed by atoms with Crippen molar-refractivity contribution < 1.29 is 18.2 Å². The number of nitrogens with two attached hydrogens (primary N) is 1. The predicted octanol–water partition coefficient (Wildman–Crippen LogP) is 2.86. The molecule has 0 aromatic heterocycles. The number of carbonyl (C=O) groups excluding carboxylic acids is 2. The molecule has 2 aromatic rings. The number of ketones is 1. The number of rotatable bonds is 3. The van der Waals surface area contributed by atoms with Crippen LogP contribution in [0.25, 0.3) is 0 Å². The van der Waals surface area contributed by atoms with Gasteiger partial charge in [-0.2, -0.15) is 4.40 Å². The number of hydrogen-bond donors (Lipinski definition) is 2. The minimum absolute atomic E-state index is 0.0811. The number of halogens is 1. The number of amides is 1. The number of Topliss-reactive ketones (excluding diaryl/α,β-unsaturated/α-hetero) is 1. The average Bonchev–Trinajstić information content (AvgIpc) is 3.40. The number of nitrogens with zero attached hydrogens (tertiary/aromatic N) is 2. The Hall–Kier alpha value is -3.20. The fourth-order valence-electron chi connectivity index (χ4n) is 6.36. The predicted molar refractivity (Wildman–Crippen MR) is 129 cm³/mol. The van der Waals surface area contributed by atoms with E-state index in [2.05, 4.69) is 15.6 Å². The SMILES string of the molecule is C=S1(=O)N=C(C2C(=O)[C@@H]3[C@H]4CC[C@H](C4)[C@@H]3N(Cc3ccc(F)cc3)C2=O)Nc2ccc(N)cc21. The van der Waals surface area contributed by atoms with E-state index in [9.17, 15) is 18.2 Å². The Kier molecular flexibility index (Phi) is 4.64. The van der Waals surface area contributed by atoms with Gasteiger partial charge in [0.05, 0.1) is 20.3 Å². The molecule has 34 heavy (non-hydrogen) atoms. The zero-order valence-corrected chi connectivity index (χ0v) is 19.3. The molecule has 1 amide bonds. The first-order valence-electron chi connectivity index (χ1n) is 11.5. The summed E-state index contributed by atoms with van der Waals surface area (Å²) in [6.45, 7) is 0.285. The summed E-state index contributed by atoms with van der Waals surface area (Å²) in [7, 11) is -3.14. The number of carbonyl (C=O) groups is 2. The van der Waals surface area contributed by atoms with E-state index < -0.39 is 15.6 Å². The third-order valence-corrected chi connectivity index (χ3v) is 9.29. The number of benzene rings is 2. The second-order valence-electron chi connectivity index (χ2n) is 9.78. The van der Waals surface area contributed by atoms with E-state index in [-0.39, 0.29) is 53.7 Å². The first-order chi connectivity index (χ1) is 16.2. The molecular weight excluding hydrogens is 455 g/mol. The van der Waals surface area contributed by atoms with Gasteiger partial charge in [0.2, 0.25) is 5.91 Å². The lowest BCUT2D eigenvalue weighted by atomic mass is 9.73. The largest absolute Gasteiger partial charge is 0.399 e. The Morgan fingerprint density at radius 3 is 2.65 bits per heavy atom. The fourth-order valence-corrected chi connectivity index (χ4v) is 7.71. The Morgan fingerprint density at radius 2 is 1.88 bits per heavy atom. The molecule has 1 saturated heterocycles. The Bertz CT molecular complexity index is 1350. The van der Waals surface area contributed by atoms with E-state index in [1.165, 1.54) is 12.1 Å². The van der Waals surface area contributed by atoms with Crippen molar-refractivity contribution in [3.05, 3.63) is 53.8 Å². The van der Waals surface area contributed by atoms with Crippen molar-refractivity contribution >= 4 is 44.5 Å². The molecule has 2 heterocycles. The van der Waals surface area contributed by atoms with Gasteiger partial charge in [0.15, 0.2) is 11.7 Å². The Morgan fingerprint density at radius 1 is 1.15 bits per heavy atom. The molecule has 6 atom stereocenters. The lowest BCUT2D eigenvalue weighted by molar-refractivity contribution is -0.153. The number of piperidine rings is 1. The number of amidine groups is 1. The van der Waals surface area contributed by atoms with E-state index in [1.54, 1.807) is 35.2 Å². The van der Waals surface area contributed by atoms with Crippen molar-refractivity contribution in [2.24, 2.45) is 28.1 Å². The van der Waals surface area contributed by atoms with E-state index >= 15 is 0 Å². The summed E-state index contributed by atoms with van der Waals surface area (Å²) in [5.41, 5.74) is 7.56. The van der Waals surface area contributed by atoms with E-state index in [0.29, 0.717) is 16.3 Å². The number of anilines is 2. The van der Waals surface area contributed by atoms with Gasteiger partial charge < -0.3 is 16.0 Å². The molecule has 7 nitrogen and oxygen atoms in total. The normalized spacial score (nSPS) is 33.9. The maximum absolute atomic E-state index is 13.9. The summed E-state index contributed by atoms with van der Waals surface area (Å²) in [6.07, 6.45) is 2.89. The van der Waals surface area contributed by atoms with E-state index in [0.717, 1.165) is 24.8 Å². The highest BCUT2D eigenvalue weighted by Crippen LogP contribution is 2.54. The highest BCUT2D eigenvalue weighted by atomic mass is 32.2. The van der Waals surface area contributed by atoms with Crippen LogP contribution in [0.3, 0.4) is 0 Å². The van der Waals surface area contributed by atoms with Crippen LogP contribution >= 0.6 is 0 Å². The number of fused-ring (bicyclic) bond motifs is 6. The number of nitrogen functional groups attached to an aromatic ring is 1. The number of nitrogens with one attached hydrogen (secondary N) is 1. The molecule has 0 spiro atoms. The third kappa shape index (κ3) is 3.17. The Balaban J connectivity index is 1.41. The quantitative estimate of drug-likeness (QED) is 0.399. The second-order valence-corrected chi connectivity index (χ2v) is 11.7. The molecule has 3 N–H and O–H groups in total. The summed E-state index contributed by atoms with van der Waals surface area (Å²) in [4.78, 5) is 29.8. The minimum atomic E-state index is -3.14. The summed E-state index contributed by atoms with van der Waals surface area (Å²) in [5.74, 6) is 2.07. The fraction of sp³-hybridized carbons (Fsp3) is 0.360. The molecule has 2 saturated carbocycles. The maximum Gasteiger partial charge on any atom is 0.241 e. The molecule has 2 bridgehead atoms. The van der Waals surface area contributed by atoms with Crippen molar-refractivity contribution in [1.82, 2.24) is 4.90 Å². The molecule has 2 aliphatic heterocycles. The lowest BCUT2D eigenvalue weighted by Crippen LogP contribution is -2.61. The number of likely N-dealkylation sites (tertiary alicyclic amines) is 1. The topological polar surface area (TPSA) is 105 Å². The summed E-state index contributed by atoms with van der Waals surface area (Å²) >= 11 is 0. The molecule has 2 aromatic carbocycles. The van der Waals surface area contributed by atoms with Gasteiger partial charge in [0.1, 0.15) is 11.7 Å². The van der Waals surface area contributed by atoms with Gasteiger partial charge in [-0.15, -0.1) is 0 Å².